The van der Waals surface area contributed by atoms with E-state index in [1.54, 1.807) is 18.2 Å². The van der Waals surface area contributed by atoms with Gasteiger partial charge in [0.05, 0.1) is 0 Å². The molecule has 2 heterocycles. The van der Waals surface area contributed by atoms with Gasteiger partial charge in [0.2, 0.25) is 5.91 Å². The molecule has 1 aromatic carbocycles. The van der Waals surface area contributed by atoms with Crippen molar-refractivity contribution in [2.24, 2.45) is 5.92 Å². The maximum Gasteiger partial charge on any atom is 0.253 e. The van der Waals surface area contributed by atoms with E-state index >= 15 is 0 Å². The molecule has 0 saturated carbocycles. The summed E-state index contributed by atoms with van der Waals surface area (Å²) in [5, 5.41) is 3.03. The minimum absolute atomic E-state index is 0.0181. The monoisotopic (exact) mass is 351 g/mol. The summed E-state index contributed by atoms with van der Waals surface area (Å²) in [6.07, 6.45) is 2.26. The average Bonchev–Trinajstić information content (AvgIpc) is 2.49. The second kappa shape index (κ2) is 5.67. The summed E-state index contributed by atoms with van der Waals surface area (Å²) in [6.45, 7) is 1.38. The highest BCUT2D eigenvalue weighted by molar-refractivity contribution is 9.10. The summed E-state index contributed by atoms with van der Waals surface area (Å²) in [6, 6.07) is 5.53. The molecule has 21 heavy (non-hydrogen) atoms. The third-order valence-corrected chi connectivity index (χ3v) is 5.07. The summed E-state index contributed by atoms with van der Waals surface area (Å²) in [5.41, 5.74) is 7.03. The number of carbonyl (C=O) groups excluding carboxylic acids is 2. The second-order valence-electron chi connectivity index (χ2n) is 5.75. The van der Waals surface area contributed by atoms with E-state index < -0.39 is 0 Å². The highest BCUT2D eigenvalue weighted by atomic mass is 79.9. The van der Waals surface area contributed by atoms with Gasteiger partial charge >= 0.3 is 0 Å². The Morgan fingerprint density at radius 1 is 1.38 bits per heavy atom. The summed E-state index contributed by atoms with van der Waals surface area (Å²) in [4.78, 5) is 25.9. The van der Waals surface area contributed by atoms with Crippen molar-refractivity contribution in [3.05, 3.63) is 28.2 Å². The number of nitrogens with zero attached hydrogens (tertiary/aromatic N) is 1. The molecule has 0 spiro atoms. The van der Waals surface area contributed by atoms with Gasteiger partial charge in [-0.15, -0.1) is 0 Å². The van der Waals surface area contributed by atoms with Crippen LogP contribution in [0, 0.1) is 5.92 Å². The number of halogens is 1. The molecule has 0 bridgehead atoms. The highest BCUT2D eigenvalue weighted by Crippen LogP contribution is 2.27. The number of likely N-dealkylation sites (tertiary alicyclic amines) is 1. The molecule has 2 aliphatic heterocycles. The number of rotatable bonds is 1. The van der Waals surface area contributed by atoms with Crippen molar-refractivity contribution in [1.29, 1.82) is 0 Å². The second-order valence-corrected chi connectivity index (χ2v) is 6.60. The quantitative estimate of drug-likeness (QED) is 0.757. The zero-order valence-corrected chi connectivity index (χ0v) is 13.2. The molecule has 2 amide bonds. The summed E-state index contributed by atoms with van der Waals surface area (Å²) in [5.74, 6) is 0.523. The van der Waals surface area contributed by atoms with Crippen molar-refractivity contribution in [2.45, 2.75) is 25.3 Å². The van der Waals surface area contributed by atoms with Crippen LogP contribution < -0.4 is 11.1 Å². The number of anilines is 1. The van der Waals surface area contributed by atoms with Crippen molar-refractivity contribution in [2.75, 3.05) is 18.8 Å². The van der Waals surface area contributed by atoms with Gasteiger partial charge in [0.15, 0.2) is 0 Å². The fourth-order valence-corrected chi connectivity index (χ4v) is 3.40. The molecule has 0 radical (unpaired) electrons. The van der Waals surface area contributed by atoms with Crippen LogP contribution in [0.5, 0.6) is 0 Å². The molecule has 5 nitrogen and oxygen atoms in total. The van der Waals surface area contributed by atoms with Crippen molar-refractivity contribution in [3.8, 4) is 0 Å². The SMILES string of the molecule is Nc1cc(C(=O)N2CCC3NC(=O)CCC3C2)ccc1Br. The third-order valence-electron chi connectivity index (χ3n) is 4.35. The Hall–Kier alpha value is -1.56. The van der Waals surface area contributed by atoms with E-state index in [1.807, 2.05) is 4.90 Å². The molecule has 2 aliphatic rings. The van der Waals surface area contributed by atoms with Crippen LogP contribution in [0.15, 0.2) is 22.7 Å². The largest absolute Gasteiger partial charge is 0.398 e. The van der Waals surface area contributed by atoms with E-state index in [0.717, 1.165) is 17.3 Å². The number of piperidine rings is 2. The standard InChI is InChI=1S/C15H18BrN3O2/c16-11-3-1-9(7-12(11)17)15(21)19-6-5-13-10(8-19)2-4-14(20)18-13/h1,3,7,10,13H,2,4-6,8,17H2,(H,18,20). The maximum absolute atomic E-state index is 12.6. The fourth-order valence-electron chi connectivity index (χ4n) is 3.15. The van der Waals surface area contributed by atoms with Crippen LogP contribution in [0.25, 0.3) is 0 Å². The van der Waals surface area contributed by atoms with Gasteiger partial charge in [0.1, 0.15) is 0 Å². The molecule has 1 aromatic rings. The van der Waals surface area contributed by atoms with Crippen LogP contribution >= 0.6 is 15.9 Å². The minimum Gasteiger partial charge on any atom is -0.398 e. The molecule has 2 atom stereocenters. The summed E-state index contributed by atoms with van der Waals surface area (Å²) in [7, 11) is 0. The van der Waals surface area contributed by atoms with Crippen molar-refractivity contribution in [1.82, 2.24) is 10.2 Å². The first-order valence-electron chi connectivity index (χ1n) is 7.18. The zero-order chi connectivity index (χ0) is 15.0. The number of nitrogens with two attached hydrogens (primary N) is 1. The number of hydrogen-bond acceptors (Lipinski definition) is 3. The topological polar surface area (TPSA) is 75.4 Å². The molecule has 0 aromatic heterocycles. The fraction of sp³-hybridized carbons (Fsp3) is 0.467. The lowest BCUT2D eigenvalue weighted by molar-refractivity contribution is -0.125. The lowest BCUT2D eigenvalue weighted by atomic mass is 9.85. The molecule has 2 fully saturated rings. The van der Waals surface area contributed by atoms with Crippen LogP contribution in [0.3, 0.4) is 0 Å². The van der Waals surface area contributed by atoms with E-state index in [1.165, 1.54) is 0 Å². The van der Waals surface area contributed by atoms with E-state index in [4.69, 9.17) is 5.73 Å². The molecular weight excluding hydrogens is 334 g/mol. The molecule has 0 aliphatic carbocycles. The van der Waals surface area contributed by atoms with Crippen LogP contribution in [0.1, 0.15) is 29.6 Å². The lowest BCUT2D eigenvalue weighted by Crippen LogP contribution is -2.55. The van der Waals surface area contributed by atoms with Gasteiger partial charge in [-0.2, -0.15) is 0 Å². The van der Waals surface area contributed by atoms with Gasteiger partial charge < -0.3 is 16.0 Å². The van der Waals surface area contributed by atoms with Crippen LogP contribution in [-0.2, 0) is 4.79 Å². The number of hydrogen-bond donors (Lipinski definition) is 2. The number of fused-ring (bicyclic) bond motifs is 1. The Morgan fingerprint density at radius 2 is 2.19 bits per heavy atom. The van der Waals surface area contributed by atoms with E-state index in [0.29, 0.717) is 36.7 Å². The average molecular weight is 352 g/mol. The molecule has 112 valence electrons. The number of nitrogen functional groups attached to an aromatic ring is 1. The van der Waals surface area contributed by atoms with Crippen molar-refractivity contribution >= 4 is 33.4 Å². The first-order valence-corrected chi connectivity index (χ1v) is 7.97. The highest BCUT2D eigenvalue weighted by Gasteiger charge is 2.35. The third kappa shape index (κ3) is 2.90. The van der Waals surface area contributed by atoms with Gasteiger partial charge in [-0.1, -0.05) is 0 Å². The predicted molar refractivity (Wildman–Crippen MR) is 83.7 cm³/mol. The number of amides is 2. The van der Waals surface area contributed by atoms with Gasteiger partial charge in [0, 0.05) is 41.3 Å². The Balaban J connectivity index is 1.71. The molecule has 2 unspecified atom stereocenters. The van der Waals surface area contributed by atoms with Crippen LogP contribution in [0.2, 0.25) is 0 Å². The smallest absolute Gasteiger partial charge is 0.253 e. The molecule has 6 heteroatoms. The number of nitrogens with one attached hydrogen (secondary N) is 1. The van der Waals surface area contributed by atoms with Gasteiger partial charge in [-0.3, -0.25) is 9.59 Å². The lowest BCUT2D eigenvalue weighted by Gasteiger charge is -2.41. The van der Waals surface area contributed by atoms with Gasteiger partial charge in [-0.25, -0.2) is 0 Å². The number of benzene rings is 1. The normalized spacial score (nSPS) is 25.2. The van der Waals surface area contributed by atoms with Crippen LogP contribution in [-0.4, -0.2) is 35.8 Å². The first-order chi connectivity index (χ1) is 10.0. The number of carbonyl (C=O) groups is 2. The minimum atomic E-state index is 0.0181. The van der Waals surface area contributed by atoms with E-state index in [9.17, 15) is 9.59 Å². The Bertz CT molecular complexity index is 590. The van der Waals surface area contributed by atoms with Crippen molar-refractivity contribution in [3.63, 3.8) is 0 Å². The predicted octanol–water partition coefficient (Wildman–Crippen LogP) is 1.77. The summed E-state index contributed by atoms with van der Waals surface area (Å²) < 4.78 is 0.799. The van der Waals surface area contributed by atoms with Gasteiger partial charge in [-0.05, 0) is 52.9 Å². The van der Waals surface area contributed by atoms with Crippen molar-refractivity contribution < 1.29 is 9.59 Å². The van der Waals surface area contributed by atoms with Crippen LogP contribution in [0.4, 0.5) is 5.69 Å². The Labute approximate surface area is 132 Å². The first kappa shape index (κ1) is 14.4. The maximum atomic E-state index is 12.6. The van der Waals surface area contributed by atoms with E-state index in [2.05, 4.69) is 21.2 Å². The molecule has 3 rings (SSSR count). The zero-order valence-electron chi connectivity index (χ0n) is 11.6. The van der Waals surface area contributed by atoms with Gasteiger partial charge in [0.25, 0.3) is 5.91 Å². The Morgan fingerprint density at radius 3 is 2.95 bits per heavy atom. The van der Waals surface area contributed by atoms with E-state index in [-0.39, 0.29) is 17.9 Å². The molecule has 2 saturated heterocycles. The molecule has 3 N–H and O–H groups in total. The Kier molecular flexibility index (Phi) is 3.89. The summed E-state index contributed by atoms with van der Waals surface area (Å²) >= 11 is 3.34. The molecular formula is C15H18BrN3O2.